The Morgan fingerprint density at radius 1 is 0.914 bits per heavy atom. The van der Waals surface area contributed by atoms with Gasteiger partial charge < -0.3 is 24.6 Å². The Kier molecular flexibility index (Phi) is 7.25. The van der Waals surface area contributed by atoms with Crippen LogP contribution in [0.5, 0.6) is 11.5 Å². The highest BCUT2D eigenvalue weighted by Crippen LogP contribution is 2.32. The van der Waals surface area contributed by atoms with E-state index in [1.807, 2.05) is 78.7 Å². The fourth-order valence-electron chi connectivity index (χ4n) is 4.34. The van der Waals surface area contributed by atoms with Crippen LogP contribution in [0, 0.1) is 0 Å². The summed E-state index contributed by atoms with van der Waals surface area (Å²) in [5.74, 6) is 1.25. The third-order valence-corrected chi connectivity index (χ3v) is 6.56. The van der Waals surface area contributed by atoms with Gasteiger partial charge in [0, 0.05) is 44.0 Å². The molecule has 182 valence electrons. The first-order valence-corrected chi connectivity index (χ1v) is 11.6. The minimum absolute atomic E-state index is 0.0895. The van der Waals surface area contributed by atoms with E-state index in [9.17, 15) is 9.59 Å². The standard InChI is InChI=1S/C28H31N3O4/c1-19(32)30(2)25-15-16-31(18-25)24-12-10-23(11-13-24)29-28(33)21-7-5-20(6-8-21)22-9-14-26(34-3)27(17-22)35-4/h5-14,17,25H,15-16,18H2,1-4H3,(H,29,33). The SMILES string of the molecule is COc1ccc(-c2ccc(C(=O)Nc3ccc(N4CCC(N(C)C(C)=O)C4)cc3)cc2)cc1OC. The number of benzene rings is 3. The van der Waals surface area contributed by atoms with E-state index in [1.54, 1.807) is 21.1 Å². The van der Waals surface area contributed by atoms with E-state index in [0.717, 1.165) is 42.0 Å². The lowest BCUT2D eigenvalue weighted by Gasteiger charge is -2.24. The molecule has 1 atom stereocenters. The molecule has 0 bridgehead atoms. The average Bonchev–Trinajstić information content (AvgIpc) is 3.38. The topological polar surface area (TPSA) is 71.1 Å². The molecule has 1 aliphatic heterocycles. The van der Waals surface area contributed by atoms with Gasteiger partial charge in [-0.25, -0.2) is 0 Å². The Morgan fingerprint density at radius 2 is 1.57 bits per heavy atom. The number of nitrogens with one attached hydrogen (secondary N) is 1. The number of methoxy groups -OCH3 is 2. The number of amides is 2. The van der Waals surface area contributed by atoms with Gasteiger partial charge in [-0.3, -0.25) is 9.59 Å². The molecule has 1 N–H and O–H groups in total. The molecule has 0 spiro atoms. The van der Waals surface area contributed by atoms with Crippen LogP contribution in [0.25, 0.3) is 11.1 Å². The number of carbonyl (C=O) groups is 2. The Labute approximate surface area is 206 Å². The summed E-state index contributed by atoms with van der Waals surface area (Å²) >= 11 is 0. The van der Waals surface area contributed by atoms with Crippen LogP contribution < -0.4 is 19.7 Å². The molecular weight excluding hydrogens is 442 g/mol. The maximum absolute atomic E-state index is 12.8. The van der Waals surface area contributed by atoms with Gasteiger partial charge in [-0.2, -0.15) is 0 Å². The monoisotopic (exact) mass is 473 g/mol. The van der Waals surface area contributed by atoms with E-state index in [-0.39, 0.29) is 17.9 Å². The second-order valence-electron chi connectivity index (χ2n) is 8.67. The molecule has 1 fully saturated rings. The van der Waals surface area contributed by atoms with E-state index < -0.39 is 0 Å². The minimum Gasteiger partial charge on any atom is -0.493 e. The summed E-state index contributed by atoms with van der Waals surface area (Å²) in [6.45, 7) is 3.32. The summed E-state index contributed by atoms with van der Waals surface area (Å²) in [7, 11) is 5.07. The molecule has 7 heteroatoms. The molecule has 1 heterocycles. The van der Waals surface area contributed by atoms with Crippen LogP contribution in [0.4, 0.5) is 11.4 Å². The molecule has 1 aliphatic rings. The van der Waals surface area contributed by atoms with Crippen LogP contribution in [-0.2, 0) is 4.79 Å². The minimum atomic E-state index is -0.166. The first-order chi connectivity index (χ1) is 16.9. The van der Waals surface area contributed by atoms with Gasteiger partial charge in [-0.05, 0) is 66.1 Å². The van der Waals surface area contributed by atoms with Gasteiger partial charge in [-0.15, -0.1) is 0 Å². The first kappa shape index (κ1) is 24.1. The zero-order valence-corrected chi connectivity index (χ0v) is 20.6. The summed E-state index contributed by atoms with van der Waals surface area (Å²) in [6, 6.07) is 21.3. The van der Waals surface area contributed by atoms with Crippen LogP contribution in [-0.4, -0.2) is 57.1 Å². The lowest BCUT2D eigenvalue weighted by atomic mass is 10.0. The van der Waals surface area contributed by atoms with Crippen LogP contribution in [0.2, 0.25) is 0 Å². The van der Waals surface area contributed by atoms with Crippen LogP contribution in [0.1, 0.15) is 23.7 Å². The van der Waals surface area contributed by atoms with E-state index in [4.69, 9.17) is 9.47 Å². The lowest BCUT2D eigenvalue weighted by Crippen LogP contribution is -2.37. The predicted octanol–water partition coefficient (Wildman–Crippen LogP) is 4.68. The average molecular weight is 474 g/mol. The molecule has 35 heavy (non-hydrogen) atoms. The normalized spacial score (nSPS) is 15.0. The van der Waals surface area contributed by atoms with Gasteiger partial charge in [0.25, 0.3) is 5.91 Å². The number of anilines is 2. The van der Waals surface area contributed by atoms with Crippen molar-refractivity contribution in [2.45, 2.75) is 19.4 Å². The zero-order valence-electron chi connectivity index (χ0n) is 20.6. The summed E-state index contributed by atoms with van der Waals surface area (Å²) in [4.78, 5) is 28.5. The number of nitrogens with zero attached hydrogens (tertiary/aromatic N) is 2. The number of rotatable bonds is 7. The van der Waals surface area contributed by atoms with Crippen molar-refractivity contribution in [1.82, 2.24) is 4.90 Å². The number of hydrogen-bond donors (Lipinski definition) is 1. The van der Waals surface area contributed by atoms with Crippen molar-refractivity contribution in [1.29, 1.82) is 0 Å². The molecular formula is C28H31N3O4. The second kappa shape index (κ2) is 10.5. The van der Waals surface area contributed by atoms with Gasteiger partial charge in [0.15, 0.2) is 11.5 Å². The van der Waals surface area contributed by atoms with Crippen molar-refractivity contribution in [3.63, 3.8) is 0 Å². The third kappa shape index (κ3) is 5.40. The van der Waals surface area contributed by atoms with E-state index in [0.29, 0.717) is 17.1 Å². The predicted molar refractivity (Wildman–Crippen MR) is 138 cm³/mol. The van der Waals surface area contributed by atoms with Gasteiger partial charge in [0.05, 0.1) is 20.3 Å². The van der Waals surface area contributed by atoms with Crippen molar-refractivity contribution >= 4 is 23.2 Å². The molecule has 7 nitrogen and oxygen atoms in total. The van der Waals surface area contributed by atoms with Crippen molar-refractivity contribution < 1.29 is 19.1 Å². The maximum atomic E-state index is 12.8. The summed E-state index contributed by atoms with van der Waals surface area (Å²) in [5, 5.41) is 2.96. The van der Waals surface area contributed by atoms with Gasteiger partial charge in [-0.1, -0.05) is 18.2 Å². The molecule has 0 aliphatic carbocycles. The second-order valence-corrected chi connectivity index (χ2v) is 8.67. The van der Waals surface area contributed by atoms with Crippen LogP contribution >= 0.6 is 0 Å². The number of carbonyl (C=O) groups excluding carboxylic acids is 2. The summed E-state index contributed by atoms with van der Waals surface area (Å²) in [5.41, 5.74) is 4.35. The van der Waals surface area contributed by atoms with E-state index in [2.05, 4.69) is 10.2 Å². The molecule has 1 saturated heterocycles. The van der Waals surface area contributed by atoms with Gasteiger partial charge in [0.1, 0.15) is 0 Å². The van der Waals surface area contributed by atoms with Crippen molar-refractivity contribution in [3.05, 3.63) is 72.3 Å². The molecule has 1 unspecified atom stereocenters. The number of likely N-dealkylation sites (N-methyl/N-ethyl adjacent to an activating group) is 1. The maximum Gasteiger partial charge on any atom is 0.255 e. The molecule has 2 amide bonds. The highest BCUT2D eigenvalue weighted by Gasteiger charge is 2.27. The van der Waals surface area contributed by atoms with E-state index in [1.165, 1.54) is 0 Å². The van der Waals surface area contributed by atoms with Crippen LogP contribution in [0.3, 0.4) is 0 Å². The molecule has 3 aromatic rings. The van der Waals surface area contributed by atoms with Gasteiger partial charge in [0.2, 0.25) is 5.91 Å². The number of ether oxygens (including phenoxy) is 2. The summed E-state index contributed by atoms with van der Waals surface area (Å²) < 4.78 is 10.7. The Bertz CT molecular complexity index is 1190. The zero-order chi connectivity index (χ0) is 24.9. The third-order valence-electron chi connectivity index (χ3n) is 6.56. The van der Waals surface area contributed by atoms with Crippen molar-refractivity contribution in [2.75, 3.05) is 44.6 Å². The Balaban J connectivity index is 1.38. The smallest absolute Gasteiger partial charge is 0.255 e. The largest absolute Gasteiger partial charge is 0.493 e. The molecule has 0 saturated carbocycles. The fraction of sp³-hybridized carbons (Fsp3) is 0.286. The highest BCUT2D eigenvalue weighted by molar-refractivity contribution is 6.04. The molecule has 0 aromatic heterocycles. The quantitative estimate of drug-likeness (QED) is 0.540. The fourth-order valence-corrected chi connectivity index (χ4v) is 4.34. The van der Waals surface area contributed by atoms with Crippen molar-refractivity contribution in [2.24, 2.45) is 0 Å². The molecule has 0 radical (unpaired) electrons. The summed E-state index contributed by atoms with van der Waals surface area (Å²) in [6.07, 6.45) is 0.952. The Morgan fingerprint density at radius 3 is 2.20 bits per heavy atom. The Hall–Kier alpha value is -4.00. The number of hydrogen-bond acceptors (Lipinski definition) is 5. The highest BCUT2D eigenvalue weighted by atomic mass is 16.5. The van der Waals surface area contributed by atoms with Crippen molar-refractivity contribution in [3.8, 4) is 22.6 Å². The lowest BCUT2D eigenvalue weighted by molar-refractivity contribution is -0.129. The van der Waals surface area contributed by atoms with E-state index >= 15 is 0 Å². The molecule has 4 rings (SSSR count). The van der Waals surface area contributed by atoms with Gasteiger partial charge >= 0.3 is 0 Å². The molecule has 3 aromatic carbocycles. The first-order valence-electron chi connectivity index (χ1n) is 11.6. The van der Waals surface area contributed by atoms with Crippen LogP contribution in [0.15, 0.2) is 66.7 Å².